The summed E-state index contributed by atoms with van der Waals surface area (Å²) < 4.78 is 0. The molecule has 35 heavy (non-hydrogen) atoms. The van der Waals surface area contributed by atoms with Crippen LogP contribution in [-0.2, 0) is 16.0 Å². The van der Waals surface area contributed by atoms with E-state index in [9.17, 15) is 9.59 Å². The van der Waals surface area contributed by atoms with E-state index in [1.807, 2.05) is 30.5 Å². The van der Waals surface area contributed by atoms with Crippen molar-refractivity contribution < 1.29 is 9.59 Å². The third-order valence-corrected chi connectivity index (χ3v) is 8.43. The molecule has 2 unspecified atom stereocenters. The zero-order valence-corrected chi connectivity index (χ0v) is 20.6. The third-order valence-electron chi connectivity index (χ3n) is 7.08. The molecule has 0 aromatic heterocycles. The molecular weight excluding hydrogens is 456 g/mol. The Balaban J connectivity index is 1.24. The SMILES string of the molecule is C[C@@H](NC(=O)C1CCCN1C(=O)Cc1ccc2cc3ccccc3cc2c1)C1CC(C(=N)N)=CS1. The van der Waals surface area contributed by atoms with Gasteiger partial charge in [0.15, 0.2) is 0 Å². The molecule has 2 aliphatic rings. The molecule has 1 fully saturated rings. The van der Waals surface area contributed by atoms with Crippen LogP contribution in [0.25, 0.3) is 21.5 Å². The fourth-order valence-electron chi connectivity index (χ4n) is 5.08. The van der Waals surface area contributed by atoms with Crippen LogP contribution in [0.2, 0.25) is 0 Å². The van der Waals surface area contributed by atoms with Gasteiger partial charge in [0.2, 0.25) is 11.8 Å². The number of carbonyl (C=O) groups is 2. The van der Waals surface area contributed by atoms with Crippen LogP contribution < -0.4 is 11.1 Å². The second-order valence-electron chi connectivity index (χ2n) is 9.54. The van der Waals surface area contributed by atoms with Crippen LogP contribution in [0.4, 0.5) is 0 Å². The van der Waals surface area contributed by atoms with Gasteiger partial charge in [-0.3, -0.25) is 15.0 Å². The quantitative estimate of drug-likeness (QED) is 0.274. The second-order valence-corrected chi connectivity index (χ2v) is 10.6. The van der Waals surface area contributed by atoms with Gasteiger partial charge in [-0.1, -0.05) is 42.5 Å². The van der Waals surface area contributed by atoms with E-state index in [-0.39, 0.29) is 35.4 Å². The molecule has 2 amide bonds. The summed E-state index contributed by atoms with van der Waals surface area (Å²) in [5, 5.41) is 17.4. The lowest BCUT2D eigenvalue weighted by Crippen LogP contribution is -2.50. The van der Waals surface area contributed by atoms with Crippen molar-refractivity contribution >= 4 is 51.0 Å². The Morgan fingerprint density at radius 1 is 1.11 bits per heavy atom. The number of carbonyl (C=O) groups excluding carboxylic acids is 2. The lowest BCUT2D eigenvalue weighted by Gasteiger charge is -2.27. The average Bonchev–Trinajstić information content (AvgIpc) is 3.53. The van der Waals surface area contributed by atoms with Gasteiger partial charge in [0.25, 0.3) is 0 Å². The highest BCUT2D eigenvalue weighted by molar-refractivity contribution is 8.03. The Morgan fingerprint density at radius 2 is 1.83 bits per heavy atom. The molecule has 3 aromatic rings. The summed E-state index contributed by atoms with van der Waals surface area (Å²) in [5.41, 5.74) is 7.38. The first-order chi connectivity index (χ1) is 16.9. The molecule has 1 saturated heterocycles. The van der Waals surface area contributed by atoms with Crippen molar-refractivity contribution in [1.82, 2.24) is 10.2 Å². The molecule has 0 saturated carbocycles. The van der Waals surface area contributed by atoms with E-state index in [4.69, 9.17) is 11.1 Å². The van der Waals surface area contributed by atoms with Gasteiger partial charge >= 0.3 is 0 Å². The van der Waals surface area contributed by atoms with Crippen LogP contribution >= 0.6 is 11.8 Å². The maximum Gasteiger partial charge on any atom is 0.243 e. The zero-order valence-electron chi connectivity index (χ0n) is 19.8. The number of nitrogens with one attached hydrogen (secondary N) is 2. The molecule has 180 valence electrons. The lowest BCUT2D eigenvalue weighted by molar-refractivity contribution is -0.138. The molecule has 2 heterocycles. The molecular formula is C28H30N4O2S. The van der Waals surface area contributed by atoms with Crippen molar-refractivity contribution in [2.24, 2.45) is 5.73 Å². The van der Waals surface area contributed by atoms with E-state index in [1.54, 1.807) is 16.7 Å². The first-order valence-corrected chi connectivity index (χ1v) is 13.0. The van der Waals surface area contributed by atoms with Gasteiger partial charge in [0, 0.05) is 23.4 Å². The van der Waals surface area contributed by atoms with E-state index in [2.05, 4.69) is 41.7 Å². The Kier molecular flexibility index (Phi) is 6.52. The molecule has 0 aliphatic carbocycles. The van der Waals surface area contributed by atoms with E-state index in [0.717, 1.165) is 28.3 Å². The maximum absolute atomic E-state index is 13.2. The highest BCUT2D eigenvalue weighted by Gasteiger charge is 2.35. The predicted molar refractivity (Wildman–Crippen MR) is 143 cm³/mol. The van der Waals surface area contributed by atoms with Crippen molar-refractivity contribution in [2.75, 3.05) is 6.54 Å². The summed E-state index contributed by atoms with van der Waals surface area (Å²) in [4.78, 5) is 28.1. The number of fused-ring (bicyclic) bond motifs is 2. The number of thioether (sulfide) groups is 1. The number of benzene rings is 3. The summed E-state index contributed by atoms with van der Waals surface area (Å²) in [6, 6.07) is 18.3. The number of amides is 2. The van der Waals surface area contributed by atoms with Crippen LogP contribution in [0.1, 0.15) is 31.7 Å². The molecule has 3 atom stereocenters. The van der Waals surface area contributed by atoms with Crippen LogP contribution in [0.5, 0.6) is 0 Å². The van der Waals surface area contributed by atoms with Crippen molar-refractivity contribution in [3.63, 3.8) is 0 Å². The number of likely N-dealkylation sites (tertiary alicyclic amines) is 1. The van der Waals surface area contributed by atoms with E-state index in [0.29, 0.717) is 19.4 Å². The van der Waals surface area contributed by atoms with Crippen molar-refractivity contribution in [2.45, 2.75) is 49.9 Å². The minimum absolute atomic E-state index is 0.00813. The van der Waals surface area contributed by atoms with Gasteiger partial charge in [0.05, 0.1) is 6.42 Å². The molecule has 7 heteroatoms. The fourth-order valence-corrected chi connectivity index (χ4v) is 6.22. The molecule has 3 aromatic carbocycles. The van der Waals surface area contributed by atoms with Gasteiger partial charge in [0.1, 0.15) is 11.9 Å². The number of rotatable bonds is 6. The summed E-state index contributed by atoms with van der Waals surface area (Å²) in [5.74, 6) is -0.00982. The maximum atomic E-state index is 13.2. The molecule has 4 N–H and O–H groups in total. The summed E-state index contributed by atoms with van der Waals surface area (Å²) in [7, 11) is 0. The number of hydrogen-bond acceptors (Lipinski definition) is 4. The Bertz CT molecular complexity index is 1350. The molecule has 5 rings (SSSR count). The van der Waals surface area contributed by atoms with Crippen LogP contribution in [0.3, 0.4) is 0 Å². The average molecular weight is 487 g/mol. The van der Waals surface area contributed by atoms with E-state index in [1.165, 1.54) is 10.8 Å². The number of amidine groups is 1. The minimum atomic E-state index is -0.430. The smallest absolute Gasteiger partial charge is 0.243 e. The number of nitrogens with zero attached hydrogens (tertiary/aromatic N) is 1. The second kappa shape index (κ2) is 9.74. The zero-order chi connectivity index (χ0) is 24.5. The normalized spacial score (nSPS) is 20.7. The topological polar surface area (TPSA) is 99.3 Å². The van der Waals surface area contributed by atoms with Gasteiger partial charge in [-0.15, -0.1) is 11.8 Å². The van der Waals surface area contributed by atoms with Gasteiger partial charge in [-0.05, 0) is 70.8 Å². The number of nitrogens with two attached hydrogens (primary N) is 1. The van der Waals surface area contributed by atoms with Crippen molar-refractivity contribution in [3.05, 3.63) is 71.1 Å². The standard InChI is InChI=1S/C28H30N4O2S/c1-17(25-15-23(16-35-25)27(29)30)31-28(34)24-7-4-10-32(24)26(33)12-18-8-9-21-13-19-5-2-3-6-20(19)14-22(21)11-18/h2-3,5-6,8-9,11,13-14,16-17,24-25H,4,7,10,12,15H2,1H3,(H3,29,30)(H,31,34)/t17-,24?,25?/m1/s1. The van der Waals surface area contributed by atoms with E-state index >= 15 is 0 Å². The minimum Gasteiger partial charge on any atom is -0.384 e. The monoisotopic (exact) mass is 486 g/mol. The first-order valence-electron chi connectivity index (χ1n) is 12.1. The third kappa shape index (κ3) is 4.91. The summed E-state index contributed by atoms with van der Waals surface area (Å²) >= 11 is 1.60. The van der Waals surface area contributed by atoms with Crippen molar-refractivity contribution in [1.29, 1.82) is 5.41 Å². The van der Waals surface area contributed by atoms with Crippen LogP contribution in [-0.4, -0.2) is 46.4 Å². The first kappa shape index (κ1) is 23.4. The largest absolute Gasteiger partial charge is 0.384 e. The Hall–Kier alpha value is -3.32. The summed E-state index contributed by atoms with van der Waals surface area (Å²) in [6.45, 7) is 2.59. The molecule has 0 bridgehead atoms. The lowest BCUT2D eigenvalue weighted by atomic mass is 10.0. The molecule has 2 aliphatic heterocycles. The van der Waals surface area contributed by atoms with Gasteiger partial charge < -0.3 is 16.0 Å². The van der Waals surface area contributed by atoms with Crippen molar-refractivity contribution in [3.8, 4) is 0 Å². The fraction of sp³-hybridized carbons (Fsp3) is 0.321. The van der Waals surface area contributed by atoms with Gasteiger partial charge in [-0.2, -0.15) is 0 Å². The van der Waals surface area contributed by atoms with Crippen LogP contribution in [0, 0.1) is 5.41 Å². The Morgan fingerprint density at radius 3 is 2.54 bits per heavy atom. The molecule has 0 spiro atoms. The van der Waals surface area contributed by atoms with Crippen LogP contribution in [0.15, 0.2) is 65.6 Å². The van der Waals surface area contributed by atoms with E-state index < -0.39 is 6.04 Å². The highest BCUT2D eigenvalue weighted by Crippen LogP contribution is 2.32. The Labute approximate surface area is 209 Å². The highest BCUT2D eigenvalue weighted by atomic mass is 32.2. The molecule has 0 radical (unpaired) electrons. The summed E-state index contributed by atoms with van der Waals surface area (Å²) in [6.07, 6.45) is 2.47. The van der Waals surface area contributed by atoms with Gasteiger partial charge in [-0.25, -0.2) is 0 Å². The predicted octanol–water partition coefficient (Wildman–Crippen LogP) is 4.36. The number of hydrogen-bond donors (Lipinski definition) is 3. The molecule has 6 nitrogen and oxygen atoms in total.